The molecule has 1 aromatic rings. The van der Waals surface area contributed by atoms with E-state index in [1.807, 2.05) is 20.8 Å². The average molecular weight is 393 g/mol. The van der Waals surface area contributed by atoms with Crippen molar-refractivity contribution in [3.05, 3.63) is 33.9 Å². The van der Waals surface area contributed by atoms with E-state index in [2.05, 4.69) is 5.32 Å². The molecule has 3 rings (SSSR count). The molecule has 0 bridgehead atoms. The molecule has 1 N–H and O–H groups in total. The number of ether oxygens (including phenoxy) is 3. The first-order valence-electron chi connectivity index (χ1n) is 9.47. The van der Waals surface area contributed by atoms with Gasteiger partial charge in [0.2, 0.25) is 0 Å². The summed E-state index contributed by atoms with van der Waals surface area (Å²) in [6, 6.07) is 4.51. The maximum absolute atomic E-state index is 12.6. The van der Waals surface area contributed by atoms with Crippen LogP contribution in [0.15, 0.2) is 18.2 Å². The fourth-order valence-electron chi connectivity index (χ4n) is 3.31. The molecular weight excluding hydrogens is 366 g/mol. The zero-order valence-electron chi connectivity index (χ0n) is 16.5. The highest BCUT2D eigenvalue weighted by Crippen LogP contribution is 2.34. The zero-order valence-corrected chi connectivity index (χ0v) is 16.5. The van der Waals surface area contributed by atoms with Crippen LogP contribution in [0, 0.1) is 10.1 Å². The van der Waals surface area contributed by atoms with E-state index in [-0.39, 0.29) is 23.6 Å². The summed E-state index contributed by atoms with van der Waals surface area (Å²) < 4.78 is 16.5. The second-order valence-corrected chi connectivity index (χ2v) is 7.98. The van der Waals surface area contributed by atoms with E-state index in [0.717, 1.165) is 0 Å². The number of rotatable bonds is 4. The Kier molecular flexibility index (Phi) is 6.04. The molecular formula is C19H27N3O6. The number of hydrogen-bond donors (Lipinski definition) is 1. The number of nitro groups is 1. The van der Waals surface area contributed by atoms with Crippen LogP contribution >= 0.6 is 0 Å². The third-order valence-corrected chi connectivity index (χ3v) is 4.62. The SMILES string of the molecule is CC(C)(C)OC(=O)N1CCNCC1c1ccc(OC2CCOC2)c([N+](=O)[O-])c1. The Bertz CT molecular complexity index is 727. The molecule has 2 saturated heterocycles. The van der Waals surface area contributed by atoms with Crippen molar-refractivity contribution in [2.24, 2.45) is 0 Å². The summed E-state index contributed by atoms with van der Waals surface area (Å²) in [5.74, 6) is 0.219. The third-order valence-electron chi connectivity index (χ3n) is 4.62. The number of amides is 1. The summed E-state index contributed by atoms with van der Waals surface area (Å²) in [4.78, 5) is 25.4. The van der Waals surface area contributed by atoms with Gasteiger partial charge < -0.3 is 19.5 Å². The minimum Gasteiger partial charge on any atom is -0.481 e. The minimum absolute atomic E-state index is 0.112. The molecule has 2 aliphatic heterocycles. The fourth-order valence-corrected chi connectivity index (χ4v) is 3.31. The van der Waals surface area contributed by atoms with Gasteiger partial charge in [-0.3, -0.25) is 15.0 Å². The molecule has 0 aliphatic carbocycles. The number of nitrogens with one attached hydrogen (secondary N) is 1. The Balaban J connectivity index is 1.84. The van der Waals surface area contributed by atoms with Gasteiger partial charge in [-0.25, -0.2) is 4.79 Å². The number of piperazine rings is 1. The predicted molar refractivity (Wildman–Crippen MR) is 101 cm³/mol. The molecule has 9 heteroatoms. The lowest BCUT2D eigenvalue weighted by atomic mass is 10.0. The number of nitrogens with zero attached hydrogens (tertiary/aromatic N) is 2. The van der Waals surface area contributed by atoms with Gasteiger partial charge in [0.1, 0.15) is 11.7 Å². The Morgan fingerprint density at radius 1 is 1.39 bits per heavy atom. The lowest BCUT2D eigenvalue weighted by molar-refractivity contribution is -0.386. The number of hydrogen-bond acceptors (Lipinski definition) is 7. The smallest absolute Gasteiger partial charge is 0.410 e. The standard InChI is InChI=1S/C19H27N3O6/c1-19(2,3)28-18(23)21-8-7-20-11-16(21)13-4-5-17(15(10-13)22(24)25)27-14-6-9-26-12-14/h4-5,10,14,16,20H,6-9,11-12H2,1-3H3. The first kappa shape index (κ1) is 20.3. The van der Waals surface area contributed by atoms with Gasteiger partial charge in [-0.05, 0) is 32.4 Å². The topological polar surface area (TPSA) is 103 Å². The van der Waals surface area contributed by atoms with Crippen LogP contribution in [-0.4, -0.2) is 60.5 Å². The van der Waals surface area contributed by atoms with Crippen LogP contribution in [0.4, 0.5) is 10.5 Å². The average Bonchev–Trinajstić information content (AvgIpc) is 3.13. The fraction of sp³-hybridized carbons (Fsp3) is 0.632. The van der Waals surface area contributed by atoms with Crippen molar-refractivity contribution in [3.8, 4) is 5.75 Å². The number of carbonyl (C=O) groups is 1. The van der Waals surface area contributed by atoms with Crippen molar-refractivity contribution in [2.45, 2.75) is 44.9 Å². The van der Waals surface area contributed by atoms with Crippen LogP contribution in [0.25, 0.3) is 0 Å². The summed E-state index contributed by atoms with van der Waals surface area (Å²) in [5, 5.41) is 14.8. The highest BCUT2D eigenvalue weighted by Gasteiger charge is 2.33. The van der Waals surface area contributed by atoms with E-state index in [9.17, 15) is 14.9 Å². The number of carbonyl (C=O) groups excluding carboxylic acids is 1. The van der Waals surface area contributed by atoms with Crippen molar-refractivity contribution in [2.75, 3.05) is 32.8 Å². The quantitative estimate of drug-likeness (QED) is 0.619. The molecule has 2 atom stereocenters. The molecule has 0 saturated carbocycles. The second-order valence-electron chi connectivity index (χ2n) is 7.98. The second kappa shape index (κ2) is 8.32. The van der Waals surface area contributed by atoms with E-state index >= 15 is 0 Å². The van der Waals surface area contributed by atoms with Crippen LogP contribution in [-0.2, 0) is 9.47 Å². The zero-order chi connectivity index (χ0) is 20.3. The molecule has 2 heterocycles. The first-order chi connectivity index (χ1) is 13.2. The Morgan fingerprint density at radius 2 is 2.18 bits per heavy atom. The molecule has 0 radical (unpaired) electrons. The largest absolute Gasteiger partial charge is 0.481 e. The monoisotopic (exact) mass is 393 g/mol. The molecule has 1 amide bonds. The highest BCUT2D eigenvalue weighted by molar-refractivity contribution is 5.69. The highest BCUT2D eigenvalue weighted by atomic mass is 16.6. The maximum atomic E-state index is 12.6. The van der Waals surface area contributed by atoms with Crippen LogP contribution in [0.5, 0.6) is 5.75 Å². The van der Waals surface area contributed by atoms with Gasteiger partial charge in [0.05, 0.1) is 24.2 Å². The lowest BCUT2D eigenvalue weighted by Crippen LogP contribution is -2.50. The van der Waals surface area contributed by atoms with Crippen molar-refractivity contribution >= 4 is 11.8 Å². The summed E-state index contributed by atoms with van der Waals surface area (Å²) in [6.45, 7) is 8.05. The van der Waals surface area contributed by atoms with E-state index < -0.39 is 16.6 Å². The van der Waals surface area contributed by atoms with Gasteiger partial charge in [-0.15, -0.1) is 0 Å². The third kappa shape index (κ3) is 4.90. The number of benzene rings is 1. The first-order valence-corrected chi connectivity index (χ1v) is 9.47. The van der Waals surface area contributed by atoms with Gasteiger partial charge in [0.15, 0.2) is 5.75 Å². The van der Waals surface area contributed by atoms with Crippen molar-refractivity contribution in [1.29, 1.82) is 0 Å². The number of nitro benzene ring substituents is 1. The summed E-state index contributed by atoms with van der Waals surface area (Å²) in [6.07, 6.45) is 0.0990. The molecule has 2 fully saturated rings. The van der Waals surface area contributed by atoms with Gasteiger partial charge in [0, 0.05) is 32.1 Å². The van der Waals surface area contributed by atoms with Crippen molar-refractivity contribution in [1.82, 2.24) is 10.2 Å². The molecule has 9 nitrogen and oxygen atoms in total. The lowest BCUT2D eigenvalue weighted by Gasteiger charge is -2.37. The Morgan fingerprint density at radius 3 is 2.82 bits per heavy atom. The maximum Gasteiger partial charge on any atom is 0.410 e. The Hall–Kier alpha value is -2.39. The normalized spacial score (nSPS) is 22.8. The molecule has 28 heavy (non-hydrogen) atoms. The molecule has 0 aromatic heterocycles. The predicted octanol–water partition coefficient (Wildman–Crippen LogP) is 2.64. The molecule has 2 unspecified atom stereocenters. The molecule has 0 spiro atoms. The van der Waals surface area contributed by atoms with Crippen LogP contribution in [0.3, 0.4) is 0 Å². The minimum atomic E-state index is -0.612. The van der Waals surface area contributed by atoms with Crippen LogP contribution in [0.2, 0.25) is 0 Å². The van der Waals surface area contributed by atoms with Crippen LogP contribution < -0.4 is 10.1 Å². The Labute approximate surface area is 164 Å². The van der Waals surface area contributed by atoms with Crippen LogP contribution in [0.1, 0.15) is 38.8 Å². The molecule has 1 aromatic carbocycles. The molecule has 154 valence electrons. The van der Waals surface area contributed by atoms with E-state index in [1.165, 1.54) is 6.07 Å². The van der Waals surface area contributed by atoms with E-state index in [4.69, 9.17) is 14.2 Å². The van der Waals surface area contributed by atoms with E-state index in [1.54, 1.807) is 17.0 Å². The van der Waals surface area contributed by atoms with Gasteiger partial charge in [-0.1, -0.05) is 6.07 Å². The van der Waals surface area contributed by atoms with E-state index in [0.29, 0.717) is 44.8 Å². The van der Waals surface area contributed by atoms with Gasteiger partial charge >= 0.3 is 11.8 Å². The summed E-state index contributed by atoms with van der Waals surface area (Å²) in [7, 11) is 0. The van der Waals surface area contributed by atoms with Gasteiger partial charge in [-0.2, -0.15) is 0 Å². The van der Waals surface area contributed by atoms with Crippen molar-refractivity contribution in [3.63, 3.8) is 0 Å². The van der Waals surface area contributed by atoms with Crippen molar-refractivity contribution < 1.29 is 23.9 Å². The summed E-state index contributed by atoms with van der Waals surface area (Å²) in [5.41, 5.74) is -0.0570. The molecule has 2 aliphatic rings. The van der Waals surface area contributed by atoms with Gasteiger partial charge in [0.25, 0.3) is 0 Å². The summed E-state index contributed by atoms with van der Waals surface area (Å²) >= 11 is 0.